The van der Waals surface area contributed by atoms with E-state index in [2.05, 4.69) is 15.4 Å². The Labute approximate surface area is 114 Å². The Balaban J connectivity index is 1.89. The van der Waals surface area contributed by atoms with Gasteiger partial charge in [-0.2, -0.15) is 5.10 Å². The number of hydrogen-bond acceptors (Lipinski definition) is 4. The van der Waals surface area contributed by atoms with Gasteiger partial charge in [0.1, 0.15) is 0 Å². The number of amides is 1. The van der Waals surface area contributed by atoms with Crippen LogP contribution in [0.15, 0.2) is 12.4 Å². The van der Waals surface area contributed by atoms with E-state index in [4.69, 9.17) is 12.2 Å². The Kier molecular flexibility index (Phi) is 3.93. The lowest BCUT2D eigenvalue weighted by atomic mass is 10.3. The second kappa shape index (κ2) is 5.45. The molecule has 2 aromatic heterocycles. The molecule has 2 rings (SSSR count). The molecule has 0 aliphatic heterocycles. The van der Waals surface area contributed by atoms with Crippen LogP contribution in [0.3, 0.4) is 0 Å². The Hall–Kier alpha value is -1.47. The maximum Gasteiger partial charge on any atom is 0.225 e. The standard InChI is InChI=1S/C11H14N4OS2/c1-7-9(18-11(17)14-7)3-10(16)12-4-8-5-13-15(2)6-8/h5-6H,3-4H2,1-2H3,(H,12,16)(H,14,17). The van der Waals surface area contributed by atoms with E-state index in [0.29, 0.717) is 16.9 Å². The summed E-state index contributed by atoms with van der Waals surface area (Å²) in [7, 11) is 1.85. The van der Waals surface area contributed by atoms with Crippen LogP contribution in [0.1, 0.15) is 16.1 Å². The predicted octanol–water partition coefficient (Wildman–Crippen LogP) is 1.71. The molecule has 2 N–H and O–H groups in total. The number of aromatic nitrogens is 3. The molecule has 0 aliphatic carbocycles. The first kappa shape index (κ1) is 13.0. The van der Waals surface area contributed by atoms with E-state index in [0.717, 1.165) is 16.1 Å². The van der Waals surface area contributed by atoms with E-state index >= 15 is 0 Å². The topological polar surface area (TPSA) is 62.7 Å². The molecule has 2 aromatic rings. The Morgan fingerprint density at radius 3 is 3.00 bits per heavy atom. The lowest BCUT2D eigenvalue weighted by Gasteiger charge is -2.02. The van der Waals surface area contributed by atoms with Crippen LogP contribution in [0.4, 0.5) is 0 Å². The van der Waals surface area contributed by atoms with E-state index in [1.54, 1.807) is 10.9 Å². The molecule has 96 valence electrons. The molecule has 0 saturated carbocycles. The highest BCUT2D eigenvalue weighted by atomic mass is 32.1. The molecule has 1 amide bonds. The van der Waals surface area contributed by atoms with Gasteiger partial charge in [0.25, 0.3) is 0 Å². The number of hydrogen-bond donors (Lipinski definition) is 2. The molecule has 0 unspecified atom stereocenters. The number of nitrogens with zero attached hydrogens (tertiary/aromatic N) is 2. The monoisotopic (exact) mass is 282 g/mol. The van der Waals surface area contributed by atoms with Gasteiger partial charge in [0.05, 0.1) is 12.6 Å². The Morgan fingerprint density at radius 1 is 1.67 bits per heavy atom. The van der Waals surface area contributed by atoms with Crippen LogP contribution in [-0.2, 0) is 24.8 Å². The fourth-order valence-corrected chi connectivity index (χ4v) is 2.87. The van der Waals surface area contributed by atoms with Crippen molar-refractivity contribution < 1.29 is 4.79 Å². The number of nitrogens with one attached hydrogen (secondary N) is 2. The van der Waals surface area contributed by atoms with Crippen molar-refractivity contribution in [2.24, 2.45) is 7.05 Å². The smallest absolute Gasteiger partial charge is 0.225 e. The van der Waals surface area contributed by atoms with Crippen LogP contribution < -0.4 is 5.32 Å². The van der Waals surface area contributed by atoms with Gasteiger partial charge < -0.3 is 10.3 Å². The van der Waals surface area contributed by atoms with Crippen molar-refractivity contribution >= 4 is 29.5 Å². The number of carbonyl (C=O) groups excluding carboxylic acids is 1. The first-order valence-corrected chi connectivity index (χ1v) is 6.70. The highest BCUT2D eigenvalue weighted by Crippen LogP contribution is 2.14. The quantitative estimate of drug-likeness (QED) is 0.839. The average molecular weight is 282 g/mol. The van der Waals surface area contributed by atoms with Gasteiger partial charge in [-0.25, -0.2) is 0 Å². The van der Waals surface area contributed by atoms with E-state index in [9.17, 15) is 4.79 Å². The summed E-state index contributed by atoms with van der Waals surface area (Å²) in [5.41, 5.74) is 1.96. The number of thiazole rings is 1. The summed E-state index contributed by atoms with van der Waals surface area (Å²) in [5, 5.41) is 6.91. The lowest BCUT2D eigenvalue weighted by Crippen LogP contribution is -2.24. The van der Waals surface area contributed by atoms with Gasteiger partial charge in [-0.1, -0.05) is 0 Å². The number of carbonyl (C=O) groups is 1. The lowest BCUT2D eigenvalue weighted by molar-refractivity contribution is -0.120. The maximum atomic E-state index is 11.8. The van der Waals surface area contributed by atoms with E-state index in [-0.39, 0.29) is 5.91 Å². The van der Waals surface area contributed by atoms with E-state index in [1.807, 2.05) is 20.2 Å². The summed E-state index contributed by atoms with van der Waals surface area (Å²) < 4.78 is 2.42. The molecular formula is C11H14N4OS2. The number of H-pyrrole nitrogens is 1. The zero-order chi connectivity index (χ0) is 13.1. The fourth-order valence-electron chi connectivity index (χ4n) is 1.58. The van der Waals surface area contributed by atoms with Crippen molar-refractivity contribution in [2.45, 2.75) is 19.9 Å². The molecule has 18 heavy (non-hydrogen) atoms. The molecule has 0 spiro atoms. The molecule has 2 heterocycles. The van der Waals surface area contributed by atoms with Crippen LogP contribution in [0.5, 0.6) is 0 Å². The highest BCUT2D eigenvalue weighted by Gasteiger charge is 2.08. The Morgan fingerprint density at radius 2 is 2.44 bits per heavy atom. The van der Waals surface area contributed by atoms with Crippen molar-refractivity contribution in [3.63, 3.8) is 0 Å². The number of rotatable bonds is 4. The first-order valence-electron chi connectivity index (χ1n) is 5.47. The third kappa shape index (κ3) is 3.27. The van der Waals surface area contributed by atoms with Crippen molar-refractivity contribution in [2.75, 3.05) is 0 Å². The van der Waals surface area contributed by atoms with Gasteiger partial charge in [-0.3, -0.25) is 9.48 Å². The van der Waals surface area contributed by atoms with Gasteiger partial charge in [-0.05, 0) is 19.1 Å². The summed E-state index contributed by atoms with van der Waals surface area (Å²) in [4.78, 5) is 15.8. The highest BCUT2D eigenvalue weighted by molar-refractivity contribution is 7.73. The third-order valence-corrected chi connectivity index (χ3v) is 3.83. The van der Waals surface area contributed by atoms with Crippen molar-refractivity contribution in [3.05, 3.63) is 32.5 Å². The zero-order valence-electron chi connectivity index (χ0n) is 10.2. The maximum absolute atomic E-state index is 11.8. The van der Waals surface area contributed by atoms with Gasteiger partial charge in [-0.15, -0.1) is 11.3 Å². The van der Waals surface area contributed by atoms with Gasteiger partial charge in [0.2, 0.25) is 5.91 Å². The van der Waals surface area contributed by atoms with Crippen LogP contribution in [0.2, 0.25) is 0 Å². The first-order chi connectivity index (χ1) is 8.54. The number of aromatic amines is 1. The van der Waals surface area contributed by atoms with Crippen molar-refractivity contribution in [1.82, 2.24) is 20.1 Å². The molecule has 0 aliphatic rings. The molecule has 0 saturated heterocycles. The van der Waals surface area contributed by atoms with Crippen LogP contribution in [-0.4, -0.2) is 20.7 Å². The second-order valence-electron chi connectivity index (χ2n) is 4.04. The van der Waals surface area contributed by atoms with Crippen LogP contribution >= 0.6 is 23.6 Å². The molecule has 0 radical (unpaired) electrons. The largest absolute Gasteiger partial charge is 0.352 e. The summed E-state index contributed by atoms with van der Waals surface area (Å²) in [5.74, 6) is -0.00722. The molecule has 7 heteroatoms. The number of aryl methyl sites for hydroxylation is 2. The van der Waals surface area contributed by atoms with Crippen LogP contribution in [0.25, 0.3) is 0 Å². The fraction of sp³-hybridized carbons (Fsp3) is 0.364. The Bertz CT molecular complexity index is 611. The second-order valence-corrected chi connectivity index (χ2v) is 5.81. The summed E-state index contributed by atoms with van der Waals surface area (Å²) in [6, 6.07) is 0. The molecule has 0 fully saturated rings. The summed E-state index contributed by atoms with van der Waals surface area (Å²) in [6.45, 7) is 2.43. The minimum absolute atomic E-state index is 0.00722. The minimum atomic E-state index is -0.00722. The summed E-state index contributed by atoms with van der Waals surface area (Å²) in [6.07, 6.45) is 3.99. The molecular weight excluding hydrogens is 268 g/mol. The van der Waals surface area contributed by atoms with E-state index < -0.39 is 0 Å². The molecule has 5 nitrogen and oxygen atoms in total. The third-order valence-electron chi connectivity index (χ3n) is 2.49. The van der Waals surface area contributed by atoms with Gasteiger partial charge in [0.15, 0.2) is 3.95 Å². The van der Waals surface area contributed by atoms with Crippen LogP contribution in [0, 0.1) is 10.9 Å². The minimum Gasteiger partial charge on any atom is -0.352 e. The average Bonchev–Trinajstić information content (AvgIpc) is 2.83. The molecule has 0 bridgehead atoms. The normalized spacial score (nSPS) is 10.6. The SMILES string of the molecule is Cc1[nH]c(=S)sc1CC(=O)NCc1cnn(C)c1. The predicted molar refractivity (Wildman–Crippen MR) is 73.0 cm³/mol. The molecule has 0 aromatic carbocycles. The molecule has 0 atom stereocenters. The van der Waals surface area contributed by atoms with Crippen molar-refractivity contribution in [3.8, 4) is 0 Å². The van der Waals surface area contributed by atoms with Gasteiger partial charge >= 0.3 is 0 Å². The van der Waals surface area contributed by atoms with Crippen molar-refractivity contribution in [1.29, 1.82) is 0 Å². The zero-order valence-corrected chi connectivity index (χ0v) is 11.8. The van der Waals surface area contributed by atoms with Gasteiger partial charge in [0, 0.05) is 35.9 Å². The van der Waals surface area contributed by atoms with E-state index in [1.165, 1.54) is 11.3 Å². The summed E-state index contributed by atoms with van der Waals surface area (Å²) >= 11 is 6.49.